The van der Waals surface area contributed by atoms with Gasteiger partial charge in [0.05, 0.1) is 12.7 Å². The summed E-state index contributed by atoms with van der Waals surface area (Å²) in [7, 11) is 1.80. The molecule has 166 valence electrons. The molecular formula is C24H33N5O2. The SMILES string of the molecule is CN=C(NCc1ncc(C(C)(C)C)o1)N1CC(CCN2CCCC2=O)c2ccccc21. The Hall–Kier alpha value is -2.83. The number of para-hydroxylation sites is 1. The van der Waals surface area contributed by atoms with E-state index in [1.54, 1.807) is 13.2 Å². The lowest BCUT2D eigenvalue weighted by atomic mass is 9.94. The lowest BCUT2D eigenvalue weighted by molar-refractivity contribution is -0.127. The molecule has 0 saturated carbocycles. The Kier molecular flexibility index (Phi) is 6.03. The molecule has 7 nitrogen and oxygen atoms in total. The predicted molar refractivity (Wildman–Crippen MR) is 122 cm³/mol. The number of hydrogen-bond acceptors (Lipinski definition) is 4. The van der Waals surface area contributed by atoms with Gasteiger partial charge in [0.2, 0.25) is 11.8 Å². The maximum absolute atomic E-state index is 12.0. The first-order chi connectivity index (χ1) is 14.9. The highest BCUT2D eigenvalue weighted by Gasteiger charge is 2.32. The van der Waals surface area contributed by atoms with Gasteiger partial charge in [-0.25, -0.2) is 4.98 Å². The van der Waals surface area contributed by atoms with E-state index in [9.17, 15) is 4.79 Å². The molecule has 0 aliphatic carbocycles. The normalized spacial score (nSPS) is 19.3. The average molecular weight is 424 g/mol. The predicted octanol–water partition coefficient (Wildman–Crippen LogP) is 3.66. The van der Waals surface area contributed by atoms with Crippen LogP contribution in [-0.2, 0) is 16.8 Å². The summed E-state index contributed by atoms with van der Waals surface area (Å²) >= 11 is 0. The number of aliphatic imine (C=N–C) groups is 1. The van der Waals surface area contributed by atoms with E-state index in [2.05, 4.69) is 65.2 Å². The lowest BCUT2D eigenvalue weighted by Gasteiger charge is -2.23. The molecule has 1 aromatic carbocycles. The average Bonchev–Trinajstić information content (AvgIpc) is 3.46. The molecule has 2 aliphatic heterocycles. The van der Waals surface area contributed by atoms with E-state index in [0.29, 0.717) is 30.7 Å². The van der Waals surface area contributed by atoms with Gasteiger partial charge >= 0.3 is 0 Å². The number of anilines is 1. The molecular weight excluding hydrogens is 390 g/mol. The number of rotatable bonds is 5. The van der Waals surface area contributed by atoms with Crippen molar-refractivity contribution in [1.82, 2.24) is 15.2 Å². The van der Waals surface area contributed by atoms with Crippen molar-refractivity contribution in [3.05, 3.63) is 47.7 Å². The van der Waals surface area contributed by atoms with Crippen molar-refractivity contribution >= 4 is 17.6 Å². The first-order valence-electron chi connectivity index (χ1n) is 11.2. The summed E-state index contributed by atoms with van der Waals surface area (Å²) in [5.41, 5.74) is 2.43. The van der Waals surface area contributed by atoms with Gasteiger partial charge in [0, 0.05) is 50.1 Å². The van der Waals surface area contributed by atoms with Gasteiger partial charge in [0.15, 0.2) is 5.96 Å². The van der Waals surface area contributed by atoms with Gasteiger partial charge in [-0.1, -0.05) is 39.0 Å². The van der Waals surface area contributed by atoms with Crippen LogP contribution in [0, 0.1) is 0 Å². The minimum absolute atomic E-state index is 0.0647. The highest BCUT2D eigenvalue weighted by molar-refractivity contribution is 5.98. The van der Waals surface area contributed by atoms with Crippen LogP contribution in [0.4, 0.5) is 5.69 Å². The number of nitrogens with one attached hydrogen (secondary N) is 1. The molecule has 4 rings (SSSR count). The molecule has 1 N–H and O–H groups in total. The third-order valence-electron chi connectivity index (χ3n) is 6.15. The maximum Gasteiger partial charge on any atom is 0.222 e. The largest absolute Gasteiger partial charge is 0.443 e. The van der Waals surface area contributed by atoms with Crippen LogP contribution in [0.3, 0.4) is 0 Å². The van der Waals surface area contributed by atoms with E-state index in [1.165, 1.54) is 11.3 Å². The monoisotopic (exact) mass is 423 g/mol. The Morgan fingerprint density at radius 2 is 2.13 bits per heavy atom. The van der Waals surface area contributed by atoms with Gasteiger partial charge in [-0.3, -0.25) is 9.79 Å². The molecule has 2 aromatic rings. The summed E-state index contributed by atoms with van der Waals surface area (Å²) in [5, 5.41) is 3.41. The molecule has 31 heavy (non-hydrogen) atoms. The van der Waals surface area contributed by atoms with E-state index >= 15 is 0 Å². The fourth-order valence-corrected chi connectivity index (χ4v) is 4.38. The summed E-state index contributed by atoms with van der Waals surface area (Å²) in [6.45, 7) is 9.38. The number of likely N-dealkylation sites (tertiary alicyclic amines) is 1. The molecule has 1 saturated heterocycles. The molecule has 1 atom stereocenters. The summed E-state index contributed by atoms with van der Waals surface area (Å²) in [4.78, 5) is 25.2. The minimum Gasteiger partial charge on any atom is -0.443 e. The van der Waals surface area contributed by atoms with E-state index in [0.717, 1.165) is 44.2 Å². The number of guanidine groups is 1. The van der Waals surface area contributed by atoms with Crippen LogP contribution in [0.2, 0.25) is 0 Å². The van der Waals surface area contributed by atoms with Gasteiger partial charge in [0.1, 0.15) is 5.76 Å². The zero-order chi connectivity index (χ0) is 22.0. The van der Waals surface area contributed by atoms with E-state index in [1.807, 2.05) is 4.90 Å². The number of carbonyl (C=O) groups excluding carboxylic acids is 1. The molecule has 3 heterocycles. The van der Waals surface area contributed by atoms with Crippen molar-refractivity contribution in [3.63, 3.8) is 0 Å². The number of aromatic nitrogens is 1. The Morgan fingerprint density at radius 3 is 2.81 bits per heavy atom. The Labute approximate surface area is 184 Å². The standard InChI is InChI=1S/C24H33N5O2/c1-24(2,3)20-14-26-21(31-20)15-27-23(25-4)29-16-17(18-8-5-6-9-19(18)29)11-13-28-12-7-10-22(28)30/h5-6,8-9,14,17H,7,10-13,15-16H2,1-4H3,(H,25,27). The number of oxazole rings is 1. The van der Waals surface area contributed by atoms with E-state index < -0.39 is 0 Å². The molecule has 0 spiro atoms. The minimum atomic E-state index is -0.0647. The first kappa shape index (κ1) is 21.4. The second-order valence-electron chi connectivity index (χ2n) is 9.41. The van der Waals surface area contributed by atoms with E-state index in [-0.39, 0.29) is 5.41 Å². The first-order valence-corrected chi connectivity index (χ1v) is 11.2. The Morgan fingerprint density at radius 1 is 1.32 bits per heavy atom. The Balaban J connectivity index is 1.43. The number of benzene rings is 1. The van der Waals surface area contributed by atoms with Crippen LogP contribution < -0.4 is 10.2 Å². The number of hydrogen-bond donors (Lipinski definition) is 1. The fraction of sp³-hybridized carbons (Fsp3) is 0.542. The molecule has 7 heteroatoms. The fourth-order valence-electron chi connectivity index (χ4n) is 4.38. The zero-order valence-electron chi connectivity index (χ0n) is 19.0. The van der Waals surface area contributed by atoms with Crippen LogP contribution in [0.15, 0.2) is 39.9 Å². The van der Waals surface area contributed by atoms with Gasteiger partial charge in [-0.15, -0.1) is 0 Å². The van der Waals surface area contributed by atoms with Gasteiger partial charge < -0.3 is 19.5 Å². The van der Waals surface area contributed by atoms with Crippen molar-refractivity contribution in [2.45, 2.75) is 57.9 Å². The van der Waals surface area contributed by atoms with Gasteiger partial charge in [-0.05, 0) is 24.5 Å². The van der Waals surface area contributed by atoms with Crippen molar-refractivity contribution in [1.29, 1.82) is 0 Å². The van der Waals surface area contributed by atoms with Crippen LogP contribution in [0.25, 0.3) is 0 Å². The molecule has 1 amide bonds. The van der Waals surface area contributed by atoms with Crippen molar-refractivity contribution < 1.29 is 9.21 Å². The number of carbonyl (C=O) groups is 1. The van der Waals surface area contributed by atoms with Crippen molar-refractivity contribution in [3.8, 4) is 0 Å². The quantitative estimate of drug-likeness (QED) is 0.587. The molecule has 1 fully saturated rings. The summed E-state index contributed by atoms with van der Waals surface area (Å²) < 4.78 is 5.92. The molecule has 2 aliphatic rings. The zero-order valence-corrected chi connectivity index (χ0v) is 19.0. The molecule has 0 bridgehead atoms. The molecule has 1 unspecified atom stereocenters. The highest BCUT2D eigenvalue weighted by atomic mass is 16.4. The Bertz CT molecular complexity index is 959. The second-order valence-corrected chi connectivity index (χ2v) is 9.41. The topological polar surface area (TPSA) is 74.0 Å². The van der Waals surface area contributed by atoms with Gasteiger partial charge in [0.25, 0.3) is 0 Å². The van der Waals surface area contributed by atoms with Crippen LogP contribution in [0.5, 0.6) is 0 Å². The smallest absolute Gasteiger partial charge is 0.222 e. The number of nitrogens with zero attached hydrogens (tertiary/aromatic N) is 4. The lowest BCUT2D eigenvalue weighted by Crippen LogP contribution is -2.40. The van der Waals surface area contributed by atoms with E-state index in [4.69, 9.17) is 4.42 Å². The van der Waals surface area contributed by atoms with Crippen molar-refractivity contribution in [2.24, 2.45) is 4.99 Å². The molecule has 0 radical (unpaired) electrons. The highest BCUT2D eigenvalue weighted by Crippen LogP contribution is 2.38. The third-order valence-corrected chi connectivity index (χ3v) is 6.15. The maximum atomic E-state index is 12.0. The van der Waals surface area contributed by atoms with Crippen LogP contribution in [-0.4, -0.2) is 48.4 Å². The number of amides is 1. The summed E-state index contributed by atoms with van der Waals surface area (Å²) in [5.74, 6) is 3.01. The van der Waals surface area contributed by atoms with Crippen LogP contribution >= 0.6 is 0 Å². The van der Waals surface area contributed by atoms with Crippen molar-refractivity contribution in [2.75, 3.05) is 31.6 Å². The summed E-state index contributed by atoms with van der Waals surface area (Å²) in [6, 6.07) is 8.50. The number of fused-ring (bicyclic) bond motifs is 1. The third kappa shape index (κ3) is 4.60. The second kappa shape index (κ2) is 8.73. The van der Waals surface area contributed by atoms with Crippen LogP contribution in [0.1, 0.15) is 63.2 Å². The van der Waals surface area contributed by atoms with Gasteiger partial charge in [-0.2, -0.15) is 0 Å². The summed E-state index contributed by atoms with van der Waals surface area (Å²) in [6.07, 6.45) is 4.45. The molecule has 1 aromatic heterocycles.